The summed E-state index contributed by atoms with van der Waals surface area (Å²) in [4.78, 5) is 0. The Morgan fingerprint density at radius 2 is 1.17 bits per heavy atom. The van der Waals surface area contributed by atoms with E-state index in [9.17, 15) is 13.2 Å². The van der Waals surface area contributed by atoms with Crippen LogP contribution in [0.5, 0.6) is 0 Å². The van der Waals surface area contributed by atoms with Crippen molar-refractivity contribution in [1.29, 1.82) is 0 Å². The second kappa shape index (κ2) is 4.92. The van der Waals surface area contributed by atoms with Crippen LogP contribution >= 0.6 is 0 Å². The van der Waals surface area contributed by atoms with Crippen LogP contribution in [-0.4, -0.2) is 6.18 Å². The van der Waals surface area contributed by atoms with E-state index in [1.807, 2.05) is 34.6 Å². The van der Waals surface area contributed by atoms with Gasteiger partial charge < -0.3 is 5.73 Å². The van der Waals surface area contributed by atoms with Gasteiger partial charge in [-0.25, -0.2) is 0 Å². The lowest BCUT2D eigenvalue weighted by molar-refractivity contribution is -0.138. The first kappa shape index (κ1) is 15.0. The highest BCUT2D eigenvalue weighted by Crippen LogP contribution is 2.34. The topological polar surface area (TPSA) is 26.0 Å². The zero-order chi connectivity index (χ0) is 14.2. The van der Waals surface area contributed by atoms with E-state index >= 15 is 0 Å². The molecule has 0 amide bonds. The molecule has 0 unspecified atom stereocenters. The Balaban J connectivity index is 3.33. The molecule has 18 heavy (non-hydrogen) atoms. The van der Waals surface area contributed by atoms with Gasteiger partial charge in [0.2, 0.25) is 0 Å². The number of hydrogen-bond donors (Lipinski definition) is 1. The first-order valence-corrected chi connectivity index (χ1v) is 5.95. The largest absolute Gasteiger partial charge is 0.390 e. The Kier molecular flexibility index (Phi) is 4.11. The molecule has 4 heteroatoms. The summed E-state index contributed by atoms with van der Waals surface area (Å²) >= 11 is 0. The lowest BCUT2D eigenvalue weighted by Crippen LogP contribution is -2.22. The number of benzene rings is 1. The van der Waals surface area contributed by atoms with Gasteiger partial charge in [-0.15, -0.1) is 0 Å². The second-order valence-corrected chi connectivity index (χ2v) is 4.96. The minimum atomic E-state index is -4.23. The normalized spacial score (nSPS) is 13.8. The van der Waals surface area contributed by atoms with Crippen molar-refractivity contribution in [2.24, 2.45) is 5.73 Å². The van der Waals surface area contributed by atoms with Crippen molar-refractivity contribution in [2.45, 2.75) is 53.3 Å². The zero-order valence-electron chi connectivity index (χ0n) is 11.5. The van der Waals surface area contributed by atoms with Crippen LogP contribution in [0.1, 0.15) is 45.8 Å². The Labute approximate surface area is 106 Å². The summed E-state index contributed by atoms with van der Waals surface area (Å²) in [5.74, 6) is 0. The molecule has 0 aliphatic carbocycles. The first-order chi connectivity index (χ1) is 8.06. The highest BCUT2D eigenvalue weighted by atomic mass is 19.4. The fourth-order valence-corrected chi connectivity index (χ4v) is 2.44. The Bertz CT molecular complexity index is 432. The Morgan fingerprint density at radius 1 is 0.833 bits per heavy atom. The molecule has 0 heterocycles. The van der Waals surface area contributed by atoms with Gasteiger partial charge in [-0.2, -0.15) is 13.2 Å². The van der Waals surface area contributed by atoms with Gasteiger partial charge >= 0.3 is 6.18 Å². The Hall–Kier alpha value is -1.03. The van der Waals surface area contributed by atoms with Gasteiger partial charge in [0.15, 0.2) is 0 Å². The van der Waals surface area contributed by atoms with Crippen LogP contribution in [0.2, 0.25) is 0 Å². The molecule has 1 aromatic carbocycles. The molecule has 1 atom stereocenters. The lowest BCUT2D eigenvalue weighted by Gasteiger charge is -2.23. The van der Waals surface area contributed by atoms with Crippen molar-refractivity contribution >= 4 is 0 Å². The fourth-order valence-electron chi connectivity index (χ4n) is 2.44. The molecule has 0 radical (unpaired) electrons. The highest BCUT2D eigenvalue weighted by molar-refractivity contribution is 5.50. The van der Waals surface area contributed by atoms with Gasteiger partial charge in [-0.05, 0) is 68.0 Å². The van der Waals surface area contributed by atoms with Crippen LogP contribution in [0, 0.1) is 34.6 Å². The Morgan fingerprint density at radius 3 is 1.50 bits per heavy atom. The molecule has 0 saturated heterocycles. The van der Waals surface area contributed by atoms with Gasteiger partial charge in [0.05, 0.1) is 6.42 Å². The number of hydrogen-bond acceptors (Lipinski definition) is 1. The van der Waals surface area contributed by atoms with Gasteiger partial charge in [0, 0.05) is 6.04 Å². The van der Waals surface area contributed by atoms with Crippen LogP contribution in [0.3, 0.4) is 0 Å². The summed E-state index contributed by atoms with van der Waals surface area (Å²) in [6.45, 7) is 9.55. The summed E-state index contributed by atoms with van der Waals surface area (Å²) in [6.07, 6.45) is -5.21. The molecule has 0 aromatic heterocycles. The molecule has 0 bridgehead atoms. The van der Waals surface area contributed by atoms with Gasteiger partial charge in [-0.3, -0.25) is 0 Å². The van der Waals surface area contributed by atoms with Crippen LogP contribution in [0.15, 0.2) is 0 Å². The van der Waals surface area contributed by atoms with E-state index in [0.717, 1.165) is 27.8 Å². The smallest absolute Gasteiger partial charge is 0.324 e. The van der Waals surface area contributed by atoms with Crippen molar-refractivity contribution in [3.8, 4) is 0 Å². The summed E-state index contributed by atoms with van der Waals surface area (Å²) in [5, 5.41) is 0. The number of alkyl halides is 3. The fraction of sp³-hybridized carbons (Fsp3) is 0.571. The quantitative estimate of drug-likeness (QED) is 0.847. The number of nitrogens with two attached hydrogens (primary N) is 1. The molecule has 0 aliphatic heterocycles. The van der Waals surface area contributed by atoms with Crippen LogP contribution in [0.25, 0.3) is 0 Å². The molecular weight excluding hydrogens is 239 g/mol. The number of halogens is 3. The van der Waals surface area contributed by atoms with Gasteiger partial charge in [0.25, 0.3) is 0 Å². The first-order valence-electron chi connectivity index (χ1n) is 5.95. The minimum absolute atomic E-state index is 0.646. The molecule has 0 aliphatic rings. The molecular formula is C14H20F3N. The standard InChI is InChI=1S/C14H20F3N/c1-7-8(2)10(4)13(11(5)9(7)3)12(18)6-14(15,16)17/h12H,6,18H2,1-5H3/t12-/m1/s1. The minimum Gasteiger partial charge on any atom is -0.324 e. The summed E-state index contributed by atoms with van der Waals surface area (Å²) in [5.41, 5.74) is 11.4. The molecule has 1 aromatic rings. The maximum atomic E-state index is 12.5. The average molecular weight is 259 g/mol. The second-order valence-electron chi connectivity index (χ2n) is 4.96. The molecule has 2 N–H and O–H groups in total. The third-order valence-electron chi connectivity index (χ3n) is 3.88. The van der Waals surface area contributed by atoms with E-state index in [2.05, 4.69) is 0 Å². The van der Waals surface area contributed by atoms with Crippen molar-refractivity contribution in [3.05, 3.63) is 33.4 Å². The molecule has 1 nitrogen and oxygen atoms in total. The van der Waals surface area contributed by atoms with Crippen molar-refractivity contribution in [2.75, 3.05) is 0 Å². The third-order valence-corrected chi connectivity index (χ3v) is 3.88. The van der Waals surface area contributed by atoms with E-state index in [1.54, 1.807) is 0 Å². The van der Waals surface area contributed by atoms with Crippen LogP contribution in [0.4, 0.5) is 13.2 Å². The maximum absolute atomic E-state index is 12.5. The summed E-state index contributed by atoms with van der Waals surface area (Å²) < 4.78 is 37.4. The van der Waals surface area contributed by atoms with E-state index < -0.39 is 18.6 Å². The van der Waals surface area contributed by atoms with Crippen LogP contribution < -0.4 is 5.73 Å². The SMILES string of the molecule is Cc1c(C)c(C)c([C@H](N)CC(F)(F)F)c(C)c1C. The van der Waals surface area contributed by atoms with Crippen molar-refractivity contribution in [1.82, 2.24) is 0 Å². The molecule has 102 valence electrons. The predicted octanol–water partition coefficient (Wildman–Crippen LogP) is 4.18. The van der Waals surface area contributed by atoms with Gasteiger partial charge in [-0.1, -0.05) is 0 Å². The van der Waals surface area contributed by atoms with Crippen LogP contribution in [-0.2, 0) is 0 Å². The predicted molar refractivity (Wildman–Crippen MR) is 67.7 cm³/mol. The molecule has 0 spiro atoms. The van der Waals surface area contributed by atoms with Crippen molar-refractivity contribution < 1.29 is 13.2 Å². The van der Waals surface area contributed by atoms with E-state index in [0.29, 0.717) is 5.56 Å². The van der Waals surface area contributed by atoms with Gasteiger partial charge in [0.1, 0.15) is 0 Å². The number of rotatable bonds is 2. The lowest BCUT2D eigenvalue weighted by atomic mass is 9.85. The van der Waals surface area contributed by atoms with E-state index in [4.69, 9.17) is 5.73 Å². The molecule has 0 saturated carbocycles. The summed E-state index contributed by atoms with van der Waals surface area (Å²) in [7, 11) is 0. The molecule has 0 fully saturated rings. The van der Waals surface area contributed by atoms with E-state index in [-0.39, 0.29) is 0 Å². The van der Waals surface area contributed by atoms with E-state index in [1.165, 1.54) is 0 Å². The monoisotopic (exact) mass is 259 g/mol. The molecule has 1 rings (SSSR count). The third kappa shape index (κ3) is 2.86. The summed E-state index contributed by atoms with van der Waals surface area (Å²) in [6, 6.07) is -0.983. The highest BCUT2D eigenvalue weighted by Gasteiger charge is 2.32. The van der Waals surface area contributed by atoms with Crippen molar-refractivity contribution in [3.63, 3.8) is 0 Å². The maximum Gasteiger partial charge on any atom is 0.390 e. The zero-order valence-corrected chi connectivity index (χ0v) is 11.5. The average Bonchev–Trinajstić information content (AvgIpc) is 2.21.